The van der Waals surface area contributed by atoms with E-state index in [1.54, 1.807) is 20.1 Å². The zero-order valence-electron chi connectivity index (χ0n) is 13.2. The van der Waals surface area contributed by atoms with Crippen molar-refractivity contribution >= 4 is 5.91 Å². The first kappa shape index (κ1) is 15.3. The highest BCUT2D eigenvalue weighted by Crippen LogP contribution is 2.45. The molecule has 0 bridgehead atoms. The van der Waals surface area contributed by atoms with E-state index in [4.69, 9.17) is 4.74 Å². The van der Waals surface area contributed by atoms with E-state index in [9.17, 15) is 9.59 Å². The molecular weight excluding hydrogens is 294 g/mol. The molecule has 23 heavy (non-hydrogen) atoms. The lowest BCUT2D eigenvalue weighted by molar-refractivity contribution is -0.123. The van der Waals surface area contributed by atoms with E-state index in [1.165, 1.54) is 10.7 Å². The third-order valence-electron chi connectivity index (χ3n) is 4.06. The Balaban J connectivity index is 1.71. The van der Waals surface area contributed by atoms with Gasteiger partial charge in [0.1, 0.15) is 12.3 Å². The molecule has 0 aliphatic heterocycles. The van der Waals surface area contributed by atoms with Crippen molar-refractivity contribution in [3.05, 3.63) is 58.0 Å². The van der Waals surface area contributed by atoms with Crippen LogP contribution in [0, 0.1) is 6.92 Å². The van der Waals surface area contributed by atoms with E-state index in [1.807, 2.05) is 24.3 Å². The van der Waals surface area contributed by atoms with Crippen LogP contribution in [0.4, 0.5) is 0 Å². The van der Waals surface area contributed by atoms with Gasteiger partial charge in [0.15, 0.2) is 0 Å². The van der Waals surface area contributed by atoms with Crippen molar-refractivity contribution in [1.82, 2.24) is 15.1 Å². The Labute approximate surface area is 134 Å². The maximum Gasteiger partial charge on any atom is 0.267 e. The van der Waals surface area contributed by atoms with E-state index in [0.29, 0.717) is 5.69 Å². The molecule has 6 nitrogen and oxygen atoms in total. The number of aromatic nitrogens is 2. The normalized spacial score (nSPS) is 15.0. The van der Waals surface area contributed by atoms with Crippen molar-refractivity contribution in [2.45, 2.75) is 31.8 Å². The summed E-state index contributed by atoms with van der Waals surface area (Å²) >= 11 is 0. The number of nitrogens with zero attached hydrogens (tertiary/aromatic N) is 2. The van der Waals surface area contributed by atoms with Crippen LogP contribution >= 0.6 is 0 Å². The Morgan fingerprint density at radius 2 is 1.96 bits per heavy atom. The smallest absolute Gasteiger partial charge is 0.267 e. The topological polar surface area (TPSA) is 73.2 Å². The summed E-state index contributed by atoms with van der Waals surface area (Å²) in [6, 6.07) is 10.7. The van der Waals surface area contributed by atoms with Crippen LogP contribution in [0.2, 0.25) is 0 Å². The molecule has 0 saturated heterocycles. The first-order valence-electron chi connectivity index (χ1n) is 7.53. The zero-order valence-corrected chi connectivity index (χ0v) is 13.2. The van der Waals surface area contributed by atoms with Crippen LogP contribution in [0.15, 0.2) is 41.2 Å². The van der Waals surface area contributed by atoms with Crippen LogP contribution in [0.5, 0.6) is 5.75 Å². The molecule has 1 heterocycles. The molecule has 1 aliphatic carbocycles. The average Bonchev–Trinajstić information content (AvgIpc) is 3.31. The molecule has 6 heteroatoms. The fourth-order valence-electron chi connectivity index (χ4n) is 2.63. The number of carbonyl (C=O) groups excluding carboxylic acids is 1. The Morgan fingerprint density at radius 3 is 2.57 bits per heavy atom. The standard InChI is InChI=1S/C17H19N3O3/c1-12-3-8-16(22)20(19-12)11-15(21)18-17(9-10-17)13-4-6-14(23-2)7-5-13/h3-8H,9-11H2,1-2H3,(H,18,21). The number of benzene rings is 1. The minimum absolute atomic E-state index is 0.0710. The summed E-state index contributed by atoms with van der Waals surface area (Å²) in [5.74, 6) is 0.574. The summed E-state index contributed by atoms with van der Waals surface area (Å²) in [5, 5.41) is 7.12. The van der Waals surface area contributed by atoms with Crippen LogP contribution in [-0.2, 0) is 16.9 Å². The van der Waals surface area contributed by atoms with Crippen molar-refractivity contribution in [2.24, 2.45) is 0 Å². The molecule has 1 amide bonds. The number of hydrogen-bond acceptors (Lipinski definition) is 4. The highest BCUT2D eigenvalue weighted by molar-refractivity contribution is 5.77. The van der Waals surface area contributed by atoms with E-state index in [0.717, 1.165) is 24.2 Å². The fourth-order valence-corrected chi connectivity index (χ4v) is 2.63. The minimum atomic E-state index is -0.323. The van der Waals surface area contributed by atoms with Gasteiger partial charge in [0, 0.05) is 6.07 Å². The van der Waals surface area contributed by atoms with E-state index in [-0.39, 0.29) is 23.6 Å². The number of amides is 1. The second-order valence-electron chi connectivity index (χ2n) is 5.83. The predicted octanol–water partition coefficient (Wildman–Crippen LogP) is 1.37. The molecule has 1 N–H and O–H groups in total. The summed E-state index contributed by atoms with van der Waals surface area (Å²) in [6.07, 6.45) is 1.78. The quantitative estimate of drug-likeness (QED) is 0.905. The largest absolute Gasteiger partial charge is 0.497 e. The summed E-state index contributed by atoms with van der Waals surface area (Å²) in [5.41, 5.74) is 1.15. The highest BCUT2D eigenvalue weighted by Gasteiger charge is 2.45. The maximum atomic E-state index is 12.3. The molecule has 2 aromatic rings. The third-order valence-corrected chi connectivity index (χ3v) is 4.06. The summed E-state index contributed by atoms with van der Waals surface area (Å²) < 4.78 is 6.34. The van der Waals surface area contributed by atoms with Crippen LogP contribution < -0.4 is 15.6 Å². The molecule has 1 fully saturated rings. The molecule has 1 aromatic heterocycles. The number of rotatable bonds is 5. The predicted molar refractivity (Wildman–Crippen MR) is 85.3 cm³/mol. The number of hydrogen-bond donors (Lipinski definition) is 1. The zero-order chi connectivity index (χ0) is 16.4. The Morgan fingerprint density at radius 1 is 1.26 bits per heavy atom. The monoisotopic (exact) mass is 313 g/mol. The van der Waals surface area contributed by atoms with Gasteiger partial charge in [0.05, 0.1) is 18.3 Å². The Bertz CT molecular complexity index is 776. The molecular formula is C17H19N3O3. The van der Waals surface area contributed by atoms with Crippen molar-refractivity contribution in [3.63, 3.8) is 0 Å². The van der Waals surface area contributed by atoms with Gasteiger partial charge in [-0.1, -0.05) is 12.1 Å². The van der Waals surface area contributed by atoms with Crippen LogP contribution in [0.1, 0.15) is 24.1 Å². The molecule has 0 atom stereocenters. The lowest BCUT2D eigenvalue weighted by Gasteiger charge is -2.18. The van der Waals surface area contributed by atoms with Crippen LogP contribution in [-0.4, -0.2) is 22.8 Å². The molecule has 0 spiro atoms. The summed E-state index contributed by atoms with van der Waals surface area (Å²) in [6.45, 7) is 1.71. The number of aryl methyl sites for hydroxylation is 1. The van der Waals surface area contributed by atoms with Gasteiger partial charge < -0.3 is 10.1 Å². The van der Waals surface area contributed by atoms with Gasteiger partial charge in [0.25, 0.3) is 5.56 Å². The summed E-state index contributed by atoms with van der Waals surface area (Å²) in [7, 11) is 1.62. The lowest BCUT2D eigenvalue weighted by atomic mass is 10.0. The van der Waals surface area contributed by atoms with Crippen molar-refractivity contribution in [1.29, 1.82) is 0 Å². The molecule has 0 unspecified atom stereocenters. The van der Waals surface area contributed by atoms with E-state index in [2.05, 4.69) is 10.4 Å². The minimum Gasteiger partial charge on any atom is -0.497 e. The molecule has 1 aliphatic rings. The van der Waals surface area contributed by atoms with Gasteiger partial charge in [-0.3, -0.25) is 9.59 Å². The Kier molecular flexibility index (Phi) is 3.90. The second-order valence-corrected chi connectivity index (χ2v) is 5.83. The van der Waals surface area contributed by atoms with Crippen molar-refractivity contribution < 1.29 is 9.53 Å². The second kappa shape index (κ2) is 5.87. The van der Waals surface area contributed by atoms with Gasteiger partial charge in [-0.15, -0.1) is 0 Å². The Hall–Kier alpha value is -2.63. The van der Waals surface area contributed by atoms with Crippen LogP contribution in [0.25, 0.3) is 0 Å². The van der Waals surface area contributed by atoms with E-state index < -0.39 is 0 Å². The summed E-state index contributed by atoms with van der Waals surface area (Å²) in [4.78, 5) is 24.0. The molecule has 1 aromatic carbocycles. The highest BCUT2D eigenvalue weighted by atomic mass is 16.5. The average molecular weight is 313 g/mol. The number of methoxy groups -OCH3 is 1. The van der Waals surface area contributed by atoms with Gasteiger partial charge >= 0.3 is 0 Å². The fraction of sp³-hybridized carbons (Fsp3) is 0.353. The molecule has 0 radical (unpaired) electrons. The lowest BCUT2D eigenvalue weighted by Crippen LogP contribution is -2.39. The number of ether oxygens (including phenoxy) is 1. The van der Waals surface area contributed by atoms with Gasteiger partial charge in [-0.25, -0.2) is 4.68 Å². The molecule has 1 saturated carbocycles. The molecule has 3 rings (SSSR count). The molecule has 120 valence electrons. The van der Waals surface area contributed by atoms with Crippen molar-refractivity contribution in [3.8, 4) is 5.75 Å². The van der Waals surface area contributed by atoms with Gasteiger partial charge in [-0.2, -0.15) is 5.10 Å². The van der Waals surface area contributed by atoms with E-state index >= 15 is 0 Å². The van der Waals surface area contributed by atoms with Gasteiger partial charge in [-0.05, 0) is 43.5 Å². The first-order valence-corrected chi connectivity index (χ1v) is 7.53. The number of nitrogens with one attached hydrogen (secondary N) is 1. The maximum absolute atomic E-state index is 12.3. The van der Waals surface area contributed by atoms with Crippen molar-refractivity contribution in [2.75, 3.05) is 7.11 Å². The third kappa shape index (κ3) is 3.26. The number of carbonyl (C=O) groups is 1. The van der Waals surface area contributed by atoms with Gasteiger partial charge in [0.2, 0.25) is 5.91 Å². The van der Waals surface area contributed by atoms with Crippen LogP contribution in [0.3, 0.4) is 0 Å². The first-order chi connectivity index (χ1) is 11.0. The SMILES string of the molecule is COc1ccc(C2(NC(=O)Cn3nc(C)ccc3=O)CC2)cc1.